The lowest BCUT2D eigenvalue weighted by atomic mass is 10.00. The Kier molecular flexibility index (Phi) is 9.41. The number of hydrogen-bond donors (Lipinski definition) is 1. The zero-order chi connectivity index (χ0) is 35.0. The van der Waals surface area contributed by atoms with Gasteiger partial charge in [-0.1, -0.05) is 30.0 Å². The highest BCUT2D eigenvalue weighted by Crippen LogP contribution is 2.38. The number of aliphatic hydroxyl groups excluding tert-OH is 1. The number of aromatic nitrogens is 4. The summed E-state index contributed by atoms with van der Waals surface area (Å²) in [5.41, 5.74) is 3.48. The van der Waals surface area contributed by atoms with Crippen molar-refractivity contribution in [1.82, 2.24) is 24.4 Å². The summed E-state index contributed by atoms with van der Waals surface area (Å²) in [7, 11) is 1.81. The average Bonchev–Trinajstić information content (AvgIpc) is 3.50. The first-order chi connectivity index (χ1) is 23.4. The van der Waals surface area contributed by atoms with Crippen LogP contribution >= 0.6 is 22.9 Å². The molecular weight excluding hydrogens is 668 g/mol. The molecule has 0 radical (unpaired) electrons. The van der Waals surface area contributed by atoms with E-state index in [0.29, 0.717) is 64.8 Å². The van der Waals surface area contributed by atoms with Gasteiger partial charge in [-0.15, -0.1) is 11.3 Å². The molecule has 0 spiro atoms. The van der Waals surface area contributed by atoms with Gasteiger partial charge >= 0.3 is 0 Å². The molecule has 0 aliphatic carbocycles. The Morgan fingerprint density at radius 1 is 1.24 bits per heavy atom. The van der Waals surface area contributed by atoms with E-state index in [1.54, 1.807) is 29.5 Å². The Hall–Kier alpha value is -4.88. The number of aliphatic hydroxyl groups is 1. The number of nitrogens with zero attached hydrogens (tertiary/aromatic N) is 7. The summed E-state index contributed by atoms with van der Waals surface area (Å²) in [6.07, 6.45) is 4.38. The van der Waals surface area contributed by atoms with Crippen molar-refractivity contribution in [2.75, 3.05) is 31.6 Å². The Morgan fingerprint density at radius 2 is 2.00 bits per heavy atom. The second-order valence-corrected chi connectivity index (χ2v) is 13.5. The van der Waals surface area contributed by atoms with Crippen LogP contribution in [0.4, 0.5) is 14.6 Å². The molecule has 1 aromatic carbocycles. The minimum atomic E-state index is -2.77. The number of alkyl halides is 2. The standard InChI is InChI=1S/C36H32ClF2N7O2S/c1-21(47)29-19-49-33-26(9-12-41-32(29)33)27-16-24(37)8-7-23(27)6-5-13-46-22(2)43-30-18-42-34(28(17-40)31(30)35(46)48)44(4)25-10-14-45(15-11-25)20-36(3,38)39/h7-9,12,16,18-19,25,47H,1,10-11,13-15,20H2,2-4H3. The largest absolute Gasteiger partial charge is 0.508 e. The number of hydrogen-bond acceptors (Lipinski definition) is 9. The van der Waals surface area contributed by atoms with Crippen LogP contribution in [0.1, 0.15) is 42.3 Å². The fourth-order valence-corrected chi connectivity index (χ4v) is 7.55. The van der Waals surface area contributed by atoms with Crippen LogP contribution in [0.2, 0.25) is 5.02 Å². The molecule has 0 saturated carbocycles. The Balaban J connectivity index is 1.32. The van der Waals surface area contributed by atoms with E-state index in [1.165, 1.54) is 22.1 Å². The molecule has 1 saturated heterocycles. The van der Waals surface area contributed by atoms with Gasteiger partial charge in [0.15, 0.2) is 0 Å². The van der Waals surface area contributed by atoms with E-state index in [2.05, 4.69) is 39.4 Å². The lowest BCUT2D eigenvalue weighted by molar-refractivity contribution is -0.0198. The molecule has 0 amide bonds. The maximum atomic E-state index is 14.0. The fraction of sp³-hybridized carbons (Fsp3) is 0.306. The van der Waals surface area contributed by atoms with E-state index < -0.39 is 11.5 Å². The minimum absolute atomic E-state index is 0.00774. The molecule has 1 fully saturated rings. The molecule has 0 unspecified atom stereocenters. The van der Waals surface area contributed by atoms with Crippen LogP contribution in [0.3, 0.4) is 0 Å². The molecule has 1 aliphatic rings. The second kappa shape index (κ2) is 13.6. The molecule has 0 atom stereocenters. The van der Waals surface area contributed by atoms with Crippen LogP contribution < -0.4 is 10.5 Å². The first-order valence-corrected chi connectivity index (χ1v) is 16.8. The van der Waals surface area contributed by atoms with Crippen LogP contribution in [0.5, 0.6) is 0 Å². The molecule has 49 heavy (non-hydrogen) atoms. The lowest BCUT2D eigenvalue weighted by Gasteiger charge is -2.38. The fourth-order valence-electron chi connectivity index (χ4n) is 6.31. The number of fused-ring (bicyclic) bond motifs is 2. The maximum Gasteiger partial charge on any atom is 0.263 e. The van der Waals surface area contributed by atoms with Gasteiger partial charge < -0.3 is 10.0 Å². The van der Waals surface area contributed by atoms with Crippen molar-refractivity contribution in [2.45, 2.75) is 45.2 Å². The smallest absolute Gasteiger partial charge is 0.263 e. The van der Waals surface area contributed by atoms with Crippen LogP contribution in [0.15, 0.2) is 53.4 Å². The zero-order valence-corrected chi connectivity index (χ0v) is 28.7. The summed E-state index contributed by atoms with van der Waals surface area (Å²) in [5.74, 6) is 4.23. The van der Waals surface area contributed by atoms with E-state index in [4.69, 9.17) is 11.6 Å². The molecule has 6 rings (SSSR count). The number of aryl methyl sites for hydroxylation is 1. The molecular formula is C36H32ClF2N7O2S. The third-order valence-electron chi connectivity index (χ3n) is 8.72. The van der Waals surface area contributed by atoms with E-state index in [9.17, 15) is 23.9 Å². The summed E-state index contributed by atoms with van der Waals surface area (Å²) in [6, 6.07) is 9.37. The van der Waals surface area contributed by atoms with Crippen molar-refractivity contribution < 1.29 is 13.9 Å². The SMILES string of the molecule is C=C(O)c1csc2c(-c3cc(Cl)ccc3C#CCn3c(C)nc4cnc(N(C)C5CCN(CC(C)(F)F)CC5)c(C#N)c4c3=O)ccnc12. The number of thiophene rings is 1. The number of benzene rings is 1. The molecule has 4 aromatic heterocycles. The third-order valence-corrected chi connectivity index (χ3v) is 9.96. The van der Waals surface area contributed by atoms with Gasteiger partial charge in [0.1, 0.15) is 29.0 Å². The minimum Gasteiger partial charge on any atom is -0.508 e. The monoisotopic (exact) mass is 699 g/mol. The van der Waals surface area contributed by atoms with E-state index >= 15 is 0 Å². The average molecular weight is 700 g/mol. The Labute approximate surface area is 290 Å². The number of halogens is 3. The van der Waals surface area contributed by atoms with Crippen molar-refractivity contribution >= 4 is 55.6 Å². The predicted molar refractivity (Wildman–Crippen MR) is 190 cm³/mol. The summed E-state index contributed by atoms with van der Waals surface area (Å²) in [5, 5.41) is 22.8. The zero-order valence-electron chi connectivity index (χ0n) is 27.1. The van der Waals surface area contributed by atoms with Gasteiger partial charge in [-0.25, -0.2) is 18.7 Å². The van der Waals surface area contributed by atoms with E-state index in [-0.39, 0.29) is 35.8 Å². The molecule has 9 nitrogen and oxygen atoms in total. The van der Waals surface area contributed by atoms with Crippen LogP contribution in [0, 0.1) is 30.1 Å². The molecule has 0 bridgehead atoms. The summed E-state index contributed by atoms with van der Waals surface area (Å²) in [6.45, 7) is 6.97. The number of piperidine rings is 1. The van der Waals surface area contributed by atoms with Crippen LogP contribution in [-0.4, -0.2) is 68.2 Å². The summed E-state index contributed by atoms with van der Waals surface area (Å²) >= 11 is 7.84. The molecule has 5 heterocycles. The van der Waals surface area contributed by atoms with Gasteiger partial charge in [0.25, 0.3) is 11.5 Å². The predicted octanol–water partition coefficient (Wildman–Crippen LogP) is 7.04. The van der Waals surface area contributed by atoms with Gasteiger partial charge in [-0.3, -0.25) is 19.2 Å². The van der Waals surface area contributed by atoms with Crippen LogP contribution in [-0.2, 0) is 6.54 Å². The number of anilines is 1. The lowest BCUT2D eigenvalue weighted by Crippen LogP contribution is -2.46. The molecule has 1 N–H and O–H groups in total. The van der Waals surface area contributed by atoms with Crippen LogP contribution in [0.25, 0.3) is 38.0 Å². The van der Waals surface area contributed by atoms with Gasteiger partial charge in [-0.2, -0.15) is 5.26 Å². The van der Waals surface area contributed by atoms with Crippen molar-refractivity contribution in [3.63, 3.8) is 0 Å². The highest BCUT2D eigenvalue weighted by molar-refractivity contribution is 7.18. The van der Waals surface area contributed by atoms with Gasteiger partial charge in [0.2, 0.25) is 0 Å². The molecule has 13 heteroatoms. The number of rotatable bonds is 7. The first-order valence-electron chi connectivity index (χ1n) is 15.5. The van der Waals surface area contributed by atoms with Crippen molar-refractivity contribution in [3.8, 4) is 29.0 Å². The van der Waals surface area contributed by atoms with Gasteiger partial charge in [-0.05, 0) is 44.0 Å². The van der Waals surface area contributed by atoms with Gasteiger partial charge in [0.05, 0.1) is 46.0 Å². The topological polar surface area (TPSA) is 111 Å². The van der Waals surface area contributed by atoms with E-state index in [0.717, 1.165) is 22.8 Å². The number of likely N-dealkylation sites (tertiary alicyclic amines) is 1. The Bertz CT molecular complexity index is 2270. The van der Waals surface area contributed by atoms with E-state index in [1.807, 2.05) is 30.1 Å². The summed E-state index contributed by atoms with van der Waals surface area (Å²) < 4.78 is 29.4. The first kappa shape index (κ1) is 34.0. The second-order valence-electron chi connectivity index (χ2n) is 12.2. The highest BCUT2D eigenvalue weighted by Gasteiger charge is 2.31. The Morgan fingerprint density at radius 3 is 2.69 bits per heavy atom. The van der Waals surface area contributed by atoms with Crippen molar-refractivity contribution in [3.05, 3.63) is 86.5 Å². The van der Waals surface area contributed by atoms with Crippen molar-refractivity contribution in [2.24, 2.45) is 0 Å². The molecule has 250 valence electrons. The number of nitriles is 1. The summed E-state index contributed by atoms with van der Waals surface area (Å²) in [4.78, 5) is 31.1. The highest BCUT2D eigenvalue weighted by atomic mass is 35.5. The normalized spacial score (nSPS) is 14.1. The quantitative estimate of drug-likeness (QED) is 0.142. The maximum absolute atomic E-state index is 14.0. The third kappa shape index (κ3) is 6.86. The molecule has 5 aromatic rings. The molecule has 1 aliphatic heterocycles. The van der Waals surface area contributed by atoms with Crippen molar-refractivity contribution in [1.29, 1.82) is 5.26 Å². The van der Waals surface area contributed by atoms with Gasteiger partial charge in [0, 0.05) is 66.4 Å². The number of pyridine rings is 2.